The number of fused-ring (bicyclic) bond motifs is 1. The maximum absolute atomic E-state index is 10.9. The largest absolute Gasteiger partial charge is 0.388 e. The Morgan fingerprint density at radius 3 is 2.79 bits per heavy atom. The molecule has 11 nitrogen and oxygen atoms in total. The molecule has 1 saturated carbocycles. The van der Waals surface area contributed by atoms with Crippen LogP contribution in [-0.2, 0) is 14.0 Å². The highest BCUT2D eigenvalue weighted by atomic mass is 31.2. The van der Waals surface area contributed by atoms with Crippen LogP contribution >= 0.6 is 7.60 Å². The standard InChI is InChI=1S/C17H26N5O6P/c23-13-6-12(7-27-10-29(24,25)26)28-17(13)22-9-20-14-15(18-8-19-16(14)22)21-11-4-2-1-3-5-11/h8-9,11-13,17,23H,1-7,10H2,(H,18,19,21)(H2,24,25,26)/t12-,13+,17+/m0/s1. The van der Waals surface area contributed by atoms with E-state index in [9.17, 15) is 9.67 Å². The van der Waals surface area contributed by atoms with E-state index in [2.05, 4.69) is 20.3 Å². The molecule has 12 heteroatoms. The monoisotopic (exact) mass is 427 g/mol. The van der Waals surface area contributed by atoms with E-state index in [0.717, 1.165) is 12.8 Å². The zero-order valence-electron chi connectivity index (χ0n) is 15.9. The minimum absolute atomic E-state index is 0.0191. The van der Waals surface area contributed by atoms with Crippen LogP contribution in [0.1, 0.15) is 44.8 Å². The number of ether oxygens (including phenoxy) is 2. The number of rotatable bonds is 7. The summed E-state index contributed by atoms with van der Waals surface area (Å²) in [6, 6.07) is 0.371. The number of nitrogens with zero attached hydrogens (tertiary/aromatic N) is 4. The predicted molar refractivity (Wildman–Crippen MR) is 103 cm³/mol. The third-order valence-corrected chi connectivity index (χ3v) is 5.83. The van der Waals surface area contributed by atoms with Crippen LogP contribution in [-0.4, -0.2) is 65.6 Å². The summed E-state index contributed by atoms with van der Waals surface area (Å²) >= 11 is 0. The predicted octanol–water partition coefficient (Wildman–Crippen LogP) is 1.37. The van der Waals surface area contributed by atoms with Gasteiger partial charge in [0.1, 0.15) is 18.8 Å². The molecule has 4 N–H and O–H groups in total. The second kappa shape index (κ2) is 8.63. The summed E-state index contributed by atoms with van der Waals surface area (Å²) in [4.78, 5) is 30.8. The summed E-state index contributed by atoms with van der Waals surface area (Å²) in [7, 11) is -4.23. The van der Waals surface area contributed by atoms with Crippen LogP contribution in [0.15, 0.2) is 12.7 Å². The molecule has 0 bridgehead atoms. The minimum atomic E-state index is -4.23. The van der Waals surface area contributed by atoms with Crippen LogP contribution in [0.5, 0.6) is 0 Å². The van der Waals surface area contributed by atoms with Crippen molar-refractivity contribution in [2.24, 2.45) is 0 Å². The number of aliphatic hydroxyl groups excluding tert-OH is 1. The van der Waals surface area contributed by atoms with Gasteiger partial charge in [0, 0.05) is 12.5 Å². The Morgan fingerprint density at radius 1 is 1.24 bits per heavy atom. The average Bonchev–Trinajstić information content (AvgIpc) is 3.25. The van der Waals surface area contributed by atoms with Gasteiger partial charge in [0.05, 0.1) is 19.0 Å². The Bertz CT molecular complexity index is 882. The highest BCUT2D eigenvalue weighted by Gasteiger charge is 2.36. The summed E-state index contributed by atoms with van der Waals surface area (Å²) in [6.45, 7) is -0.0191. The molecule has 3 heterocycles. The number of anilines is 1. The van der Waals surface area contributed by atoms with E-state index in [4.69, 9.17) is 19.3 Å². The van der Waals surface area contributed by atoms with Gasteiger partial charge in [-0.3, -0.25) is 9.13 Å². The maximum Gasteiger partial charge on any atom is 0.350 e. The lowest BCUT2D eigenvalue weighted by Crippen LogP contribution is -2.23. The molecule has 3 atom stereocenters. The van der Waals surface area contributed by atoms with E-state index >= 15 is 0 Å². The fraction of sp³-hybridized carbons (Fsp3) is 0.706. The summed E-state index contributed by atoms with van der Waals surface area (Å²) < 4.78 is 23.4. The first-order chi connectivity index (χ1) is 13.9. The van der Waals surface area contributed by atoms with Gasteiger partial charge >= 0.3 is 7.60 Å². The fourth-order valence-electron chi connectivity index (χ4n) is 3.97. The lowest BCUT2D eigenvalue weighted by Gasteiger charge is -2.23. The van der Waals surface area contributed by atoms with Gasteiger partial charge in [-0.05, 0) is 12.8 Å². The molecule has 0 spiro atoms. The molecule has 2 fully saturated rings. The van der Waals surface area contributed by atoms with Gasteiger partial charge in [0.15, 0.2) is 23.2 Å². The van der Waals surface area contributed by atoms with Crippen molar-refractivity contribution in [1.29, 1.82) is 0 Å². The third-order valence-electron chi connectivity index (χ3n) is 5.31. The van der Waals surface area contributed by atoms with Crippen LogP contribution in [0.3, 0.4) is 0 Å². The zero-order chi connectivity index (χ0) is 20.4. The van der Waals surface area contributed by atoms with Gasteiger partial charge in [0.25, 0.3) is 0 Å². The number of aliphatic hydroxyl groups is 1. The topological polar surface area (TPSA) is 152 Å². The van der Waals surface area contributed by atoms with Crippen molar-refractivity contribution in [1.82, 2.24) is 19.5 Å². The highest BCUT2D eigenvalue weighted by molar-refractivity contribution is 7.51. The smallest absolute Gasteiger partial charge is 0.350 e. The Hall–Kier alpha value is -1.62. The number of aromatic nitrogens is 4. The SMILES string of the molecule is O=P(O)(O)COC[C@@H]1C[C@@H](O)[C@H](n2cnc3c(NC4CCCCC4)ncnc32)O1. The molecule has 1 aliphatic carbocycles. The molecule has 2 aromatic rings. The van der Waals surface area contributed by atoms with Crippen molar-refractivity contribution < 1.29 is 28.9 Å². The molecule has 1 saturated heterocycles. The number of hydrogen-bond donors (Lipinski definition) is 4. The second-order valence-electron chi connectivity index (χ2n) is 7.64. The van der Waals surface area contributed by atoms with Crippen molar-refractivity contribution >= 4 is 24.6 Å². The number of nitrogens with one attached hydrogen (secondary N) is 1. The summed E-state index contributed by atoms with van der Waals surface area (Å²) in [5.41, 5.74) is 1.18. The minimum Gasteiger partial charge on any atom is -0.388 e. The van der Waals surface area contributed by atoms with E-state index in [-0.39, 0.29) is 13.0 Å². The van der Waals surface area contributed by atoms with Crippen LogP contribution in [0, 0.1) is 0 Å². The van der Waals surface area contributed by atoms with Gasteiger partial charge < -0.3 is 29.7 Å². The van der Waals surface area contributed by atoms with E-state index in [1.165, 1.54) is 25.6 Å². The van der Waals surface area contributed by atoms with Crippen LogP contribution in [0.2, 0.25) is 0 Å². The number of hydrogen-bond acceptors (Lipinski definition) is 8. The van der Waals surface area contributed by atoms with E-state index in [0.29, 0.717) is 23.0 Å². The molecule has 0 aromatic carbocycles. The summed E-state index contributed by atoms with van der Waals surface area (Å²) in [6.07, 6.45) is 6.51. The van der Waals surface area contributed by atoms with Crippen molar-refractivity contribution in [2.75, 3.05) is 18.3 Å². The van der Waals surface area contributed by atoms with Crippen LogP contribution < -0.4 is 5.32 Å². The third kappa shape index (κ3) is 4.93. The highest BCUT2D eigenvalue weighted by Crippen LogP contribution is 2.36. The van der Waals surface area contributed by atoms with Gasteiger partial charge in [-0.15, -0.1) is 0 Å². The molecule has 1 aliphatic heterocycles. The zero-order valence-corrected chi connectivity index (χ0v) is 16.8. The normalized spacial score (nSPS) is 26.2. The van der Waals surface area contributed by atoms with Crippen molar-refractivity contribution in [3.8, 4) is 0 Å². The van der Waals surface area contributed by atoms with Gasteiger partial charge in [-0.2, -0.15) is 0 Å². The van der Waals surface area contributed by atoms with E-state index in [1.807, 2.05) is 0 Å². The lowest BCUT2D eigenvalue weighted by molar-refractivity contribution is -0.0567. The van der Waals surface area contributed by atoms with Crippen molar-refractivity contribution in [2.45, 2.75) is 63.0 Å². The molecule has 0 unspecified atom stereocenters. The molecule has 160 valence electrons. The molecule has 2 aromatic heterocycles. The van der Waals surface area contributed by atoms with E-state index < -0.39 is 32.4 Å². The first kappa shape index (κ1) is 20.6. The van der Waals surface area contributed by atoms with Gasteiger partial charge in [-0.1, -0.05) is 19.3 Å². The Morgan fingerprint density at radius 2 is 2.03 bits per heavy atom. The molecule has 29 heavy (non-hydrogen) atoms. The molecule has 0 amide bonds. The van der Waals surface area contributed by atoms with E-state index in [1.54, 1.807) is 10.9 Å². The molecular formula is C17H26N5O6P. The first-order valence-corrected chi connectivity index (χ1v) is 11.6. The Balaban J connectivity index is 1.46. The fourth-order valence-corrected chi connectivity index (χ4v) is 4.32. The first-order valence-electron chi connectivity index (χ1n) is 9.80. The molecule has 0 radical (unpaired) electrons. The Labute approximate surface area is 167 Å². The van der Waals surface area contributed by atoms with Crippen molar-refractivity contribution in [3.63, 3.8) is 0 Å². The lowest BCUT2D eigenvalue weighted by atomic mass is 9.95. The van der Waals surface area contributed by atoms with Crippen molar-refractivity contribution in [3.05, 3.63) is 12.7 Å². The maximum atomic E-state index is 10.9. The second-order valence-corrected chi connectivity index (χ2v) is 9.23. The van der Waals surface area contributed by atoms with Crippen LogP contribution in [0.25, 0.3) is 11.2 Å². The molecular weight excluding hydrogens is 401 g/mol. The molecule has 4 rings (SSSR count). The molecule has 2 aliphatic rings. The summed E-state index contributed by atoms with van der Waals surface area (Å²) in [5, 5.41) is 13.9. The summed E-state index contributed by atoms with van der Waals surface area (Å²) in [5.74, 6) is 0.676. The quantitative estimate of drug-likeness (QED) is 0.477. The van der Waals surface area contributed by atoms with Crippen LogP contribution in [0.4, 0.5) is 5.82 Å². The Kier molecular flexibility index (Phi) is 6.14. The number of imidazole rings is 1. The van der Waals surface area contributed by atoms with Gasteiger partial charge in [0.2, 0.25) is 0 Å². The van der Waals surface area contributed by atoms with Gasteiger partial charge in [-0.25, -0.2) is 15.0 Å². The average molecular weight is 427 g/mol.